The average Bonchev–Trinajstić information content (AvgIpc) is 2.83. The Bertz CT molecular complexity index is 768. The summed E-state index contributed by atoms with van der Waals surface area (Å²) in [5, 5.41) is 13.7. The van der Waals surface area contributed by atoms with Crippen molar-refractivity contribution in [2.24, 2.45) is 0 Å². The molecule has 1 N–H and O–H groups in total. The minimum atomic E-state index is -1.05. The predicted molar refractivity (Wildman–Crippen MR) is 69.1 cm³/mol. The lowest BCUT2D eigenvalue weighted by atomic mass is 10.2. The SMILES string of the molecule is O=C(O)c1cncc2c1cnn2-c1ncc(Br)cn1. The highest BCUT2D eigenvalue weighted by molar-refractivity contribution is 9.10. The molecule has 0 amide bonds. The fraction of sp³-hybridized carbons (Fsp3) is 0. The van der Waals surface area contributed by atoms with Crippen LogP contribution in [0.3, 0.4) is 0 Å². The number of fused-ring (bicyclic) bond motifs is 1. The van der Waals surface area contributed by atoms with E-state index in [1.165, 1.54) is 23.3 Å². The van der Waals surface area contributed by atoms with Gasteiger partial charge < -0.3 is 5.11 Å². The van der Waals surface area contributed by atoms with Crippen molar-refractivity contribution in [3.63, 3.8) is 0 Å². The van der Waals surface area contributed by atoms with Crippen LogP contribution in [0.25, 0.3) is 16.9 Å². The van der Waals surface area contributed by atoms with Crippen LogP contribution in [-0.4, -0.2) is 35.8 Å². The Kier molecular flexibility index (Phi) is 2.71. The van der Waals surface area contributed by atoms with Gasteiger partial charge in [0.1, 0.15) is 0 Å². The molecule has 19 heavy (non-hydrogen) atoms. The van der Waals surface area contributed by atoms with Gasteiger partial charge in [-0.05, 0) is 15.9 Å². The first kappa shape index (κ1) is 11.7. The van der Waals surface area contributed by atoms with Crippen molar-refractivity contribution >= 4 is 32.8 Å². The number of halogens is 1. The van der Waals surface area contributed by atoms with Crippen LogP contribution >= 0.6 is 15.9 Å². The molecule has 3 aromatic rings. The van der Waals surface area contributed by atoms with E-state index in [9.17, 15) is 4.79 Å². The number of carbonyl (C=O) groups is 1. The highest BCUT2D eigenvalue weighted by Crippen LogP contribution is 2.19. The Hall–Kier alpha value is -2.35. The largest absolute Gasteiger partial charge is 0.478 e. The van der Waals surface area contributed by atoms with Gasteiger partial charge in [0, 0.05) is 24.0 Å². The van der Waals surface area contributed by atoms with E-state index in [-0.39, 0.29) is 5.56 Å². The minimum absolute atomic E-state index is 0.0980. The van der Waals surface area contributed by atoms with Gasteiger partial charge in [-0.15, -0.1) is 0 Å². The van der Waals surface area contributed by atoms with Crippen molar-refractivity contribution < 1.29 is 9.90 Å². The van der Waals surface area contributed by atoms with Gasteiger partial charge >= 0.3 is 5.97 Å². The first-order valence-electron chi connectivity index (χ1n) is 5.20. The summed E-state index contributed by atoms with van der Waals surface area (Å²) in [6.45, 7) is 0. The lowest BCUT2D eigenvalue weighted by Crippen LogP contribution is -2.03. The number of pyridine rings is 1. The van der Waals surface area contributed by atoms with Crippen molar-refractivity contribution in [2.45, 2.75) is 0 Å². The van der Waals surface area contributed by atoms with Gasteiger partial charge in [0.15, 0.2) is 0 Å². The summed E-state index contributed by atoms with van der Waals surface area (Å²) in [5.74, 6) is -0.697. The summed E-state index contributed by atoms with van der Waals surface area (Å²) in [4.78, 5) is 23.2. The summed E-state index contributed by atoms with van der Waals surface area (Å²) in [6, 6.07) is 0. The molecule has 0 fully saturated rings. The van der Waals surface area contributed by atoms with Crippen molar-refractivity contribution in [2.75, 3.05) is 0 Å². The number of aromatic carboxylic acids is 1. The molecule has 0 aliphatic carbocycles. The van der Waals surface area contributed by atoms with Crippen LogP contribution < -0.4 is 0 Å². The standard InChI is InChI=1S/C11H6BrN5O2/c12-6-1-14-11(15-2-6)17-9-5-13-3-8(10(18)19)7(9)4-16-17/h1-5H,(H,18,19). The molecule has 94 valence electrons. The lowest BCUT2D eigenvalue weighted by Gasteiger charge is -2.01. The molecule has 0 spiro atoms. The van der Waals surface area contributed by atoms with Crippen LogP contribution in [-0.2, 0) is 0 Å². The molecule has 0 saturated heterocycles. The van der Waals surface area contributed by atoms with Crippen LogP contribution in [0.5, 0.6) is 0 Å². The fourth-order valence-electron chi connectivity index (χ4n) is 1.69. The van der Waals surface area contributed by atoms with E-state index < -0.39 is 5.97 Å². The number of carboxylic acid groups (broad SMARTS) is 1. The summed E-state index contributed by atoms with van der Waals surface area (Å²) in [6.07, 6.45) is 7.46. The van der Waals surface area contributed by atoms with Crippen LogP contribution in [0.15, 0.2) is 35.5 Å². The molecule has 3 rings (SSSR count). The first-order valence-corrected chi connectivity index (χ1v) is 5.99. The maximum Gasteiger partial charge on any atom is 0.338 e. The van der Waals surface area contributed by atoms with E-state index in [1.807, 2.05) is 0 Å². The number of hydrogen-bond donors (Lipinski definition) is 1. The second-order valence-electron chi connectivity index (χ2n) is 3.68. The van der Waals surface area contributed by atoms with Gasteiger partial charge in [0.05, 0.1) is 27.9 Å². The van der Waals surface area contributed by atoms with Crippen LogP contribution in [0.4, 0.5) is 0 Å². The van der Waals surface area contributed by atoms with E-state index in [2.05, 4.69) is 36.0 Å². The van der Waals surface area contributed by atoms with Crippen molar-refractivity contribution in [1.29, 1.82) is 0 Å². The molecular formula is C11H6BrN5O2. The summed E-state index contributed by atoms with van der Waals surface area (Å²) < 4.78 is 2.19. The maximum absolute atomic E-state index is 11.1. The third kappa shape index (κ3) is 1.95. The molecule has 0 bridgehead atoms. The highest BCUT2D eigenvalue weighted by atomic mass is 79.9. The number of rotatable bonds is 2. The van der Waals surface area contributed by atoms with E-state index in [4.69, 9.17) is 5.11 Å². The molecule has 0 radical (unpaired) electrons. The van der Waals surface area contributed by atoms with E-state index in [1.54, 1.807) is 12.4 Å². The number of hydrogen-bond acceptors (Lipinski definition) is 5. The molecule has 8 heteroatoms. The van der Waals surface area contributed by atoms with Gasteiger partial charge in [-0.3, -0.25) is 4.98 Å². The third-order valence-electron chi connectivity index (χ3n) is 2.52. The molecule has 0 unspecified atom stereocenters. The monoisotopic (exact) mass is 319 g/mol. The predicted octanol–water partition coefficient (Wildman–Crippen LogP) is 1.67. The smallest absolute Gasteiger partial charge is 0.338 e. The molecular weight excluding hydrogens is 314 g/mol. The minimum Gasteiger partial charge on any atom is -0.478 e. The zero-order valence-electron chi connectivity index (χ0n) is 9.36. The van der Waals surface area contributed by atoms with Gasteiger partial charge in [-0.1, -0.05) is 0 Å². The average molecular weight is 320 g/mol. The second-order valence-corrected chi connectivity index (χ2v) is 4.60. The van der Waals surface area contributed by atoms with Crippen LogP contribution in [0.1, 0.15) is 10.4 Å². The molecule has 0 aliphatic heterocycles. The maximum atomic E-state index is 11.1. The number of nitrogens with zero attached hydrogens (tertiary/aromatic N) is 5. The Morgan fingerprint density at radius 3 is 2.58 bits per heavy atom. The molecule has 0 saturated carbocycles. The zero-order chi connectivity index (χ0) is 13.4. The number of carboxylic acids is 1. The Balaban J connectivity index is 2.24. The molecule has 0 atom stereocenters. The molecule has 3 aromatic heterocycles. The number of aromatic nitrogens is 5. The van der Waals surface area contributed by atoms with Gasteiger partial charge in [-0.25, -0.2) is 14.8 Å². The first-order chi connectivity index (χ1) is 9.16. The van der Waals surface area contributed by atoms with E-state index in [0.717, 1.165) is 4.47 Å². The summed E-state index contributed by atoms with van der Waals surface area (Å²) >= 11 is 3.24. The normalized spacial score (nSPS) is 10.8. The van der Waals surface area contributed by atoms with Gasteiger partial charge in [0.25, 0.3) is 5.95 Å². The Morgan fingerprint density at radius 2 is 1.89 bits per heavy atom. The zero-order valence-corrected chi connectivity index (χ0v) is 10.9. The lowest BCUT2D eigenvalue weighted by molar-refractivity contribution is 0.0698. The van der Waals surface area contributed by atoms with Crippen molar-refractivity contribution in [3.05, 3.63) is 41.0 Å². The quantitative estimate of drug-likeness (QED) is 0.772. The van der Waals surface area contributed by atoms with Crippen LogP contribution in [0.2, 0.25) is 0 Å². The Labute approximate surface area is 115 Å². The summed E-state index contributed by atoms with van der Waals surface area (Å²) in [5.41, 5.74) is 0.642. The van der Waals surface area contributed by atoms with Gasteiger partial charge in [-0.2, -0.15) is 9.78 Å². The molecule has 0 aromatic carbocycles. The Morgan fingerprint density at radius 1 is 1.16 bits per heavy atom. The topological polar surface area (TPSA) is 93.8 Å². The molecule has 3 heterocycles. The third-order valence-corrected chi connectivity index (χ3v) is 2.93. The van der Waals surface area contributed by atoms with Crippen molar-refractivity contribution in [3.8, 4) is 5.95 Å². The molecule has 7 nitrogen and oxygen atoms in total. The van der Waals surface area contributed by atoms with E-state index >= 15 is 0 Å². The second kappa shape index (κ2) is 4.39. The summed E-state index contributed by atoms with van der Waals surface area (Å²) in [7, 11) is 0. The van der Waals surface area contributed by atoms with E-state index in [0.29, 0.717) is 16.9 Å². The van der Waals surface area contributed by atoms with Crippen molar-refractivity contribution in [1.82, 2.24) is 24.7 Å². The van der Waals surface area contributed by atoms with Crippen LogP contribution in [0, 0.1) is 0 Å². The van der Waals surface area contributed by atoms with Gasteiger partial charge in [0.2, 0.25) is 0 Å². The molecule has 0 aliphatic rings. The highest BCUT2D eigenvalue weighted by Gasteiger charge is 2.14. The fourth-order valence-corrected chi connectivity index (χ4v) is 1.89.